The van der Waals surface area contributed by atoms with E-state index in [4.69, 9.17) is 5.26 Å². The van der Waals surface area contributed by atoms with Crippen LogP contribution in [0.2, 0.25) is 0 Å². The van der Waals surface area contributed by atoms with Crippen LogP contribution in [-0.2, 0) is 13.0 Å². The molecule has 0 spiro atoms. The van der Waals surface area contributed by atoms with Gasteiger partial charge in [-0.3, -0.25) is 0 Å². The van der Waals surface area contributed by atoms with E-state index in [9.17, 15) is 9.90 Å². The van der Waals surface area contributed by atoms with Crippen molar-refractivity contribution < 1.29 is 9.90 Å². The highest BCUT2D eigenvalue weighted by Gasteiger charge is 2.22. The van der Waals surface area contributed by atoms with E-state index in [1.54, 1.807) is 18.3 Å². The number of nitrogens with zero attached hydrogens (tertiary/aromatic N) is 4. The van der Waals surface area contributed by atoms with Crippen molar-refractivity contribution in [3.05, 3.63) is 53.0 Å². The molecule has 2 aromatic rings. The van der Waals surface area contributed by atoms with Gasteiger partial charge in [0.2, 0.25) is 0 Å². The van der Waals surface area contributed by atoms with Gasteiger partial charge in [-0.2, -0.15) is 5.26 Å². The Morgan fingerprint density at radius 2 is 2.19 bits per heavy atom. The van der Waals surface area contributed by atoms with Gasteiger partial charge >= 0.3 is 5.97 Å². The molecule has 3 rings (SSSR count). The molecule has 0 radical (unpaired) electrons. The molecular formula is C15H12N4O2. The lowest BCUT2D eigenvalue weighted by Crippen LogP contribution is -2.32. The van der Waals surface area contributed by atoms with Gasteiger partial charge in [0.25, 0.3) is 0 Å². The molecule has 1 aromatic carbocycles. The summed E-state index contributed by atoms with van der Waals surface area (Å²) >= 11 is 0. The summed E-state index contributed by atoms with van der Waals surface area (Å²) in [5.41, 5.74) is 2.54. The fourth-order valence-corrected chi connectivity index (χ4v) is 2.55. The van der Waals surface area contributed by atoms with Crippen molar-refractivity contribution in [1.29, 1.82) is 5.26 Å². The molecule has 1 aliphatic heterocycles. The highest BCUT2D eigenvalue weighted by molar-refractivity contribution is 5.90. The molecule has 6 heteroatoms. The molecule has 0 bridgehead atoms. The van der Waals surface area contributed by atoms with Crippen LogP contribution in [0.1, 0.15) is 27.2 Å². The van der Waals surface area contributed by atoms with E-state index >= 15 is 0 Å². The number of aromatic nitrogens is 2. The van der Waals surface area contributed by atoms with E-state index in [1.807, 2.05) is 17.0 Å². The lowest BCUT2D eigenvalue weighted by molar-refractivity contribution is 0.0695. The summed E-state index contributed by atoms with van der Waals surface area (Å²) in [6.45, 7) is 1.27. The molecule has 1 aromatic heterocycles. The van der Waals surface area contributed by atoms with Crippen molar-refractivity contribution >= 4 is 11.8 Å². The van der Waals surface area contributed by atoms with Gasteiger partial charge in [-0.25, -0.2) is 14.8 Å². The number of fused-ring (bicyclic) bond motifs is 1. The summed E-state index contributed by atoms with van der Waals surface area (Å²) in [6, 6.07) is 7.27. The van der Waals surface area contributed by atoms with Crippen LogP contribution in [0.15, 0.2) is 30.6 Å². The number of carboxylic acids is 1. The second kappa shape index (κ2) is 5.21. The van der Waals surface area contributed by atoms with Crippen LogP contribution >= 0.6 is 0 Å². The third-order valence-corrected chi connectivity index (χ3v) is 3.57. The van der Waals surface area contributed by atoms with Gasteiger partial charge in [0.1, 0.15) is 11.9 Å². The molecule has 0 fully saturated rings. The SMILES string of the molecule is N#Cc1cnc(N2CCc3c(cccc3C(=O)O)C2)cn1. The molecule has 1 N–H and O–H groups in total. The molecule has 0 amide bonds. The van der Waals surface area contributed by atoms with Crippen LogP contribution in [-0.4, -0.2) is 27.6 Å². The van der Waals surface area contributed by atoms with Crippen molar-refractivity contribution in [2.24, 2.45) is 0 Å². The van der Waals surface area contributed by atoms with E-state index in [1.165, 1.54) is 6.20 Å². The molecule has 104 valence electrons. The fraction of sp³-hybridized carbons (Fsp3) is 0.200. The topological polar surface area (TPSA) is 90.1 Å². The monoisotopic (exact) mass is 280 g/mol. The Morgan fingerprint density at radius 3 is 2.86 bits per heavy atom. The highest BCUT2D eigenvalue weighted by atomic mass is 16.4. The van der Waals surface area contributed by atoms with Gasteiger partial charge in [0, 0.05) is 13.1 Å². The number of aromatic carboxylic acids is 1. The van der Waals surface area contributed by atoms with Gasteiger partial charge in [0.05, 0.1) is 18.0 Å². The first-order valence-electron chi connectivity index (χ1n) is 6.50. The van der Waals surface area contributed by atoms with Crippen LogP contribution in [0.25, 0.3) is 0 Å². The zero-order valence-corrected chi connectivity index (χ0v) is 11.2. The maximum absolute atomic E-state index is 11.2. The van der Waals surface area contributed by atoms with Gasteiger partial charge < -0.3 is 10.0 Å². The average Bonchev–Trinajstić information content (AvgIpc) is 2.53. The zero-order valence-electron chi connectivity index (χ0n) is 11.2. The van der Waals surface area contributed by atoms with Crippen LogP contribution in [0, 0.1) is 11.3 Å². The Labute approximate surface area is 121 Å². The minimum Gasteiger partial charge on any atom is -0.478 e. The Kier molecular flexibility index (Phi) is 3.24. The fourth-order valence-electron chi connectivity index (χ4n) is 2.55. The Morgan fingerprint density at radius 1 is 1.33 bits per heavy atom. The summed E-state index contributed by atoms with van der Waals surface area (Å²) in [4.78, 5) is 21.5. The number of carboxylic acid groups (broad SMARTS) is 1. The van der Waals surface area contributed by atoms with E-state index in [0.29, 0.717) is 30.9 Å². The summed E-state index contributed by atoms with van der Waals surface area (Å²) < 4.78 is 0. The first kappa shape index (κ1) is 13.1. The Bertz CT molecular complexity index is 734. The molecule has 21 heavy (non-hydrogen) atoms. The highest BCUT2D eigenvalue weighted by Crippen LogP contribution is 2.25. The molecule has 0 unspecified atom stereocenters. The summed E-state index contributed by atoms with van der Waals surface area (Å²) in [6.07, 6.45) is 3.67. The van der Waals surface area contributed by atoms with Crippen LogP contribution in [0.3, 0.4) is 0 Å². The summed E-state index contributed by atoms with van der Waals surface area (Å²) in [5.74, 6) is -0.196. The van der Waals surface area contributed by atoms with E-state index in [0.717, 1.165) is 11.1 Å². The average molecular weight is 280 g/mol. The second-order valence-corrected chi connectivity index (χ2v) is 4.79. The standard InChI is InChI=1S/C15H12N4O2/c16-6-11-7-18-14(8-17-11)19-5-4-12-10(9-19)2-1-3-13(12)15(20)21/h1-3,7-8H,4-5,9H2,(H,20,21). The number of hydrogen-bond donors (Lipinski definition) is 1. The molecular weight excluding hydrogens is 268 g/mol. The predicted molar refractivity (Wildman–Crippen MR) is 74.9 cm³/mol. The Hall–Kier alpha value is -2.94. The number of nitriles is 1. The van der Waals surface area contributed by atoms with Crippen molar-refractivity contribution in [3.63, 3.8) is 0 Å². The van der Waals surface area contributed by atoms with E-state index < -0.39 is 5.97 Å². The lowest BCUT2D eigenvalue weighted by Gasteiger charge is -2.30. The second-order valence-electron chi connectivity index (χ2n) is 4.79. The lowest BCUT2D eigenvalue weighted by atomic mass is 9.94. The van der Waals surface area contributed by atoms with Crippen LogP contribution in [0.5, 0.6) is 0 Å². The molecule has 0 saturated heterocycles. The van der Waals surface area contributed by atoms with Gasteiger partial charge in [0.15, 0.2) is 5.69 Å². The number of carbonyl (C=O) groups is 1. The predicted octanol–water partition coefficient (Wildman–Crippen LogP) is 1.61. The molecule has 2 heterocycles. The molecule has 6 nitrogen and oxygen atoms in total. The maximum atomic E-state index is 11.2. The van der Waals surface area contributed by atoms with Crippen molar-refractivity contribution in [2.45, 2.75) is 13.0 Å². The number of benzene rings is 1. The first-order chi connectivity index (χ1) is 10.2. The van der Waals surface area contributed by atoms with Gasteiger partial charge in [-0.05, 0) is 23.6 Å². The summed E-state index contributed by atoms with van der Waals surface area (Å²) in [5, 5.41) is 17.9. The zero-order chi connectivity index (χ0) is 14.8. The minimum atomic E-state index is -0.890. The number of hydrogen-bond acceptors (Lipinski definition) is 5. The van der Waals surface area contributed by atoms with Crippen molar-refractivity contribution in [3.8, 4) is 6.07 Å². The van der Waals surface area contributed by atoms with E-state index in [2.05, 4.69) is 9.97 Å². The minimum absolute atomic E-state index is 0.282. The van der Waals surface area contributed by atoms with Crippen LogP contribution < -0.4 is 4.90 Å². The number of anilines is 1. The van der Waals surface area contributed by atoms with Gasteiger partial charge in [-0.1, -0.05) is 12.1 Å². The number of rotatable bonds is 2. The Balaban J connectivity index is 1.89. The summed E-state index contributed by atoms with van der Waals surface area (Å²) in [7, 11) is 0. The smallest absolute Gasteiger partial charge is 0.335 e. The normalized spacial score (nSPS) is 13.4. The molecule has 0 saturated carbocycles. The van der Waals surface area contributed by atoms with Crippen molar-refractivity contribution in [1.82, 2.24) is 9.97 Å². The van der Waals surface area contributed by atoms with Crippen molar-refractivity contribution in [2.75, 3.05) is 11.4 Å². The third-order valence-electron chi connectivity index (χ3n) is 3.57. The quantitative estimate of drug-likeness (QED) is 0.898. The molecule has 1 aliphatic rings. The van der Waals surface area contributed by atoms with Crippen LogP contribution in [0.4, 0.5) is 5.82 Å². The maximum Gasteiger partial charge on any atom is 0.335 e. The molecule has 0 aliphatic carbocycles. The van der Waals surface area contributed by atoms with E-state index in [-0.39, 0.29) is 5.69 Å². The first-order valence-corrected chi connectivity index (χ1v) is 6.50. The molecule has 0 atom stereocenters. The van der Waals surface area contributed by atoms with Gasteiger partial charge in [-0.15, -0.1) is 0 Å². The largest absolute Gasteiger partial charge is 0.478 e. The third kappa shape index (κ3) is 2.41.